The first kappa shape index (κ1) is 14.5. The summed E-state index contributed by atoms with van der Waals surface area (Å²) < 4.78 is 8.84. The number of carbonyl (C=O) groups excluding carboxylic acids is 1. The highest BCUT2D eigenvalue weighted by atomic mass is 32.1. The lowest BCUT2D eigenvalue weighted by Gasteiger charge is -2.09. The fourth-order valence-electron chi connectivity index (χ4n) is 1.83. The van der Waals surface area contributed by atoms with Gasteiger partial charge in [-0.3, -0.25) is 4.79 Å². The Labute approximate surface area is 122 Å². The molecule has 1 heterocycles. The molecule has 20 heavy (non-hydrogen) atoms. The van der Waals surface area contributed by atoms with E-state index < -0.39 is 0 Å². The van der Waals surface area contributed by atoms with Crippen LogP contribution in [0.4, 0.5) is 10.8 Å². The highest BCUT2D eigenvalue weighted by Crippen LogP contribution is 2.19. The summed E-state index contributed by atoms with van der Waals surface area (Å²) in [5, 5.41) is 3.97. The van der Waals surface area contributed by atoms with Gasteiger partial charge in [0, 0.05) is 17.2 Å². The van der Waals surface area contributed by atoms with Gasteiger partial charge >= 0.3 is 5.97 Å². The second-order valence-corrected chi connectivity index (χ2v) is 5.35. The first-order chi connectivity index (χ1) is 9.58. The molecule has 0 aliphatic rings. The van der Waals surface area contributed by atoms with Gasteiger partial charge in [0.1, 0.15) is 5.82 Å². The zero-order chi connectivity index (χ0) is 14.5. The van der Waals surface area contributed by atoms with E-state index in [4.69, 9.17) is 4.74 Å². The number of aryl methyl sites for hydroxylation is 1. The van der Waals surface area contributed by atoms with Crippen LogP contribution < -0.4 is 5.32 Å². The van der Waals surface area contributed by atoms with Gasteiger partial charge in [-0.05, 0) is 31.0 Å². The predicted molar refractivity (Wildman–Crippen MR) is 79.3 cm³/mol. The van der Waals surface area contributed by atoms with Crippen LogP contribution in [0, 0.1) is 12.8 Å². The Kier molecular flexibility index (Phi) is 4.68. The Morgan fingerprint density at radius 2 is 2.10 bits per heavy atom. The molecule has 1 atom stereocenters. The molecule has 6 heteroatoms. The van der Waals surface area contributed by atoms with Crippen molar-refractivity contribution in [1.82, 2.24) is 9.36 Å². The monoisotopic (exact) mass is 291 g/mol. The lowest BCUT2D eigenvalue weighted by atomic mass is 10.0. The van der Waals surface area contributed by atoms with Crippen LogP contribution >= 0.6 is 11.5 Å². The van der Waals surface area contributed by atoms with Crippen molar-refractivity contribution in [3.63, 3.8) is 0 Å². The number of hydrogen-bond donors (Lipinski definition) is 1. The Bertz CT molecular complexity index is 580. The smallest absolute Gasteiger partial charge is 0.308 e. The predicted octanol–water partition coefficient (Wildman–Crippen LogP) is 2.94. The second kappa shape index (κ2) is 6.47. The van der Waals surface area contributed by atoms with Crippen molar-refractivity contribution in [2.45, 2.75) is 20.3 Å². The van der Waals surface area contributed by atoms with Gasteiger partial charge in [0.2, 0.25) is 5.13 Å². The minimum Gasteiger partial charge on any atom is -0.469 e. The van der Waals surface area contributed by atoms with Crippen molar-refractivity contribution in [2.24, 2.45) is 5.92 Å². The van der Waals surface area contributed by atoms with E-state index in [1.807, 2.05) is 38.1 Å². The molecule has 0 fully saturated rings. The summed E-state index contributed by atoms with van der Waals surface area (Å²) in [6.07, 6.45) is 0.671. The number of carbonyl (C=O) groups is 1. The number of methoxy groups -OCH3 is 1. The molecular weight excluding hydrogens is 274 g/mol. The molecule has 1 unspecified atom stereocenters. The van der Waals surface area contributed by atoms with Crippen LogP contribution in [-0.4, -0.2) is 22.4 Å². The van der Waals surface area contributed by atoms with Gasteiger partial charge in [-0.1, -0.05) is 19.1 Å². The summed E-state index contributed by atoms with van der Waals surface area (Å²) in [4.78, 5) is 15.6. The van der Waals surface area contributed by atoms with Gasteiger partial charge in [0.25, 0.3) is 0 Å². The SMILES string of the molecule is COC(=O)C(C)Cc1ccc(Nc2nc(C)ns2)cc1. The zero-order valence-corrected chi connectivity index (χ0v) is 12.5. The van der Waals surface area contributed by atoms with Crippen molar-refractivity contribution < 1.29 is 9.53 Å². The first-order valence-electron chi connectivity index (χ1n) is 6.32. The van der Waals surface area contributed by atoms with Crippen LogP contribution in [0.3, 0.4) is 0 Å². The van der Waals surface area contributed by atoms with Gasteiger partial charge in [0.05, 0.1) is 13.0 Å². The standard InChI is InChI=1S/C14H17N3O2S/c1-9(13(18)19-3)8-11-4-6-12(7-5-11)16-14-15-10(2)17-20-14/h4-7,9H,8H2,1-3H3,(H,15,16,17). The number of nitrogens with zero attached hydrogens (tertiary/aromatic N) is 2. The average Bonchev–Trinajstić information content (AvgIpc) is 2.85. The number of rotatable bonds is 5. The third-order valence-corrected chi connectivity index (χ3v) is 3.60. The largest absolute Gasteiger partial charge is 0.469 e. The Balaban J connectivity index is 1.97. The molecule has 106 valence electrons. The number of nitrogens with one attached hydrogen (secondary N) is 1. The molecule has 0 bridgehead atoms. The van der Waals surface area contributed by atoms with Crippen molar-refractivity contribution in [3.8, 4) is 0 Å². The van der Waals surface area contributed by atoms with Crippen LogP contribution in [0.1, 0.15) is 18.3 Å². The normalized spacial score (nSPS) is 11.9. The summed E-state index contributed by atoms with van der Waals surface area (Å²) >= 11 is 1.33. The van der Waals surface area contributed by atoms with E-state index in [9.17, 15) is 4.79 Å². The molecule has 1 aromatic heterocycles. The van der Waals surface area contributed by atoms with E-state index in [0.29, 0.717) is 6.42 Å². The third-order valence-electron chi connectivity index (χ3n) is 2.88. The van der Waals surface area contributed by atoms with Gasteiger partial charge in [-0.2, -0.15) is 4.37 Å². The molecule has 5 nitrogen and oxygen atoms in total. The maximum absolute atomic E-state index is 11.4. The van der Waals surface area contributed by atoms with E-state index in [1.54, 1.807) is 0 Å². The molecule has 0 radical (unpaired) electrons. The lowest BCUT2D eigenvalue weighted by Crippen LogP contribution is -2.15. The molecule has 0 aliphatic carbocycles. The molecular formula is C14H17N3O2S. The Morgan fingerprint density at radius 1 is 1.40 bits per heavy atom. The average molecular weight is 291 g/mol. The van der Waals surface area contributed by atoms with Crippen molar-refractivity contribution in [2.75, 3.05) is 12.4 Å². The van der Waals surface area contributed by atoms with Crippen molar-refractivity contribution in [1.29, 1.82) is 0 Å². The van der Waals surface area contributed by atoms with Crippen LogP contribution in [0.25, 0.3) is 0 Å². The number of ether oxygens (including phenoxy) is 1. The third kappa shape index (κ3) is 3.77. The van der Waals surface area contributed by atoms with E-state index in [0.717, 1.165) is 22.2 Å². The molecule has 0 amide bonds. The van der Waals surface area contributed by atoms with Gasteiger partial charge in [-0.25, -0.2) is 4.98 Å². The molecule has 0 saturated heterocycles. The first-order valence-corrected chi connectivity index (χ1v) is 7.10. The number of esters is 1. The fraction of sp³-hybridized carbons (Fsp3) is 0.357. The minimum absolute atomic E-state index is 0.135. The van der Waals surface area contributed by atoms with Crippen LogP contribution in [-0.2, 0) is 16.0 Å². The summed E-state index contributed by atoms with van der Waals surface area (Å²) in [6, 6.07) is 7.93. The van der Waals surface area contributed by atoms with E-state index in [2.05, 4.69) is 14.7 Å². The van der Waals surface area contributed by atoms with Crippen LogP contribution in [0.15, 0.2) is 24.3 Å². The molecule has 0 saturated carbocycles. The lowest BCUT2D eigenvalue weighted by molar-refractivity contribution is -0.144. The molecule has 0 aliphatic heterocycles. The van der Waals surface area contributed by atoms with E-state index in [1.165, 1.54) is 18.6 Å². The number of benzene rings is 1. The second-order valence-electron chi connectivity index (χ2n) is 4.60. The highest BCUT2D eigenvalue weighted by molar-refractivity contribution is 7.09. The number of aromatic nitrogens is 2. The highest BCUT2D eigenvalue weighted by Gasteiger charge is 2.13. The summed E-state index contributed by atoms with van der Waals surface area (Å²) in [7, 11) is 1.41. The molecule has 2 rings (SSSR count). The molecule has 1 aromatic carbocycles. The van der Waals surface area contributed by atoms with Gasteiger partial charge in [0.15, 0.2) is 0 Å². The topological polar surface area (TPSA) is 64.1 Å². The zero-order valence-electron chi connectivity index (χ0n) is 11.7. The fourth-order valence-corrected chi connectivity index (χ4v) is 2.43. The maximum Gasteiger partial charge on any atom is 0.308 e. The molecule has 2 aromatic rings. The van der Waals surface area contributed by atoms with Gasteiger partial charge in [-0.15, -0.1) is 0 Å². The quantitative estimate of drug-likeness (QED) is 0.858. The molecule has 1 N–H and O–H groups in total. The van der Waals surface area contributed by atoms with Crippen LogP contribution in [0.5, 0.6) is 0 Å². The summed E-state index contributed by atoms with van der Waals surface area (Å²) in [5.41, 5.74) is 2.05. The van der Waals surface area contributed by atoms with Crippen molar-refractivity contribution >= 4 is 28.3 Å². The number of anilines is 2. The summed E-state index contributed by atoms with van der Waals surface area (Å²) in [6.45, 7) is 3.72. The summed E-state index contributed by atoms with van der Waals surface area (Å²) in [5.74, 6) is 0.446. The molecule has 0 spiro atoms. The number of hydrogen-bond acceptors (Lipinski definition) is 6. The van der Waals surface area contributed by atoms with E-state index in [-0.39, 0.29) is 11.9 Å². The maximum atomic E-state index is 11.4. The van der Waals surface area contributed by atoms with Gasteiger partial charge < -0.3 is 10.1 Å². The van der Waals surface area contributed by atoms with Crippen LogP contribution in [0.2, 0.25) is 0 Å². The van der Waals surface area contributed by atoms with E-state index >= 15 is 0 Å². The Morgan fingerprint density at radius 3 is 2.65 bits per heavy atom. The Hall–Kier alpha value is -1.95. The minimum atomic E-state index is -0.184. The van der Waals surface area contributed by atoms with Crippen molar-refractivity contribution in [3.05, 3.63) is 35.7 Å².